The fourth-order valence-corrected chi connectivity index (χ4v) is 3.07. The number of amides is 1. The first-order valence-electron chi connectivity index (χ1n) is 9.22. The Kier molecular flexibility index (Phi) is 6.01. The van der Waals surface area contributed by atoms with Crippen LogP contribution in [0.25, 0.3) is 11.3 Å². The second-order valence-corrected chi connectivity index (χ2v) is 6.75. The number of nitrogens with zero attached hydrogens (tertiary/aromatic N) is 1. The number of aromatic nitrogens is 2. The maximum atomic E-state index is 13.3. The third-order valence-electron chi connectivity index (χ3n) is 4.61. The minimum atomic E-state index is -0.282. The molecule has 1 aromatic heterocycles. The minimum absolute atomic E-state index is 0.0660. The molecule has 0 aliphatic carbocycles. The highest BCUT2D eigenvalue weighted by Gasteiger charge is 2.20. The molecule has 0 saturated heterocycles. The van der Waals surface area contributed by atoms with E-state index < -0.39 is 0 Å². The molecule has 4 nitrogen and oxygen atoms in total. The summed E-state index contributed by atoms with van der Waals surface area (Å²) < 4.78 is 13.3. The Morgan fingerprint density at radius 1 is 1.19 bits per heavy atom. The van der Waals surface area contributed by atoms with Gasteiger partial charge in [-0.05, 0) is 36.1 Å². The van der Waals surface area contributed by atoms with Crippen molar-refractivity contribution < 1.29 is 9.18 Å². The number of rotatable bonds is 7. The first-order valence-corrected chi connectivity index (χ1v) is 9.22. The molecule has 1 amide bonds. The average molecular weight is 365 g/mol. The minimum Gasteiger partial charge on any atom is -0.346 e. The Morgan fingerprint density at radius 2 is 1.96 bits per heavy atom. The summed E-state index contributed by atoms with van der Waals surface area (Å²) in [6.45, 7) is 3.86. The van der Waals surface area contributed by atoms with Gasteiger partial charge in [0.2, 0.25) is 5.91 Å². The van der Waals surface area contributed by atoms with Crippen molar-refractivity contribution in [2.45, 2.75) is 32.7 Å². The molecule has 2 unspecified atom stereocenters. The molecule has 140 valence electrons. The van der Waals surface area contributed by atoms with Crippen LogP contribution in [0.5, 0.6) is 0 Å². The number of aromatic amines is 1. The number of benzene rings is 2. The van der Waals surface area contributed by atoms with Gasteiger partial charge in [-0.1, -0.05) is 56.3 Å². The van der Waals surface area contributed by atoms with E-state index in [0.29, 0.717) is 6.42 Å². The molecule has 2 atom stereocenters. The smallest absolute Gasteiger partial charge is 0.223 e. The number of H-pyrrole nitrogens is 1. The summed E-state index contributed by atoms with van der Waals surface area (Å²) >= 11 is 0. The van der Waals surface area contributed by atoms with Gasteiger partial charge in [0.1, 0.15) is 11.6 Å². The summed E-state index contributed by atoms with van der Waals surface area (Å²) in [7, 11) is 0. The van der Waals surface area contributed by atoms with Crippen molar-refractivity contribution in [2.24, 2.45) is 5.92 Å². The predicted molar refractivity (Wildman–Crippen MR) is 104 cm³/mol. The Labute approximate surface area is 158 Å². The molecule has 0 aliphatic heterocycles. The van der Waals surface area contributed by atoms with Crippen molar-refractivity contribution in [1.82, 2.24) is 15.3 Å². The van der Waals surface area contributed by atoms with Gasteiger partial charge in [0, 0.05) is 5.92 Å². The molecule has 27 heavy (non-hydrogen) atoms. The van der Waals surface area contributed by atoms with Crippen LogP contribution in [0.2, 0.25) is 0 Å². The SMILES string of the molecule is CCC(NC(=O)C(C)Cc1cccc(F)c1)c1ncc(-c2ccccc2)[nH]1. The van der Waals surface area contributed by atoms with Crippen LogP contribution in [0.1, 0.15) is 37.7 Å². The van der Waals surface area contributed by atoms with Crippen molar-refractivity contribution in [3.8, 4) is 11.3 Å². The van der Waals surface area contributed by atoms with Gasteiger partial charge in [-0.3, -0.25) is 4.79 Å². The molecule has 5 heteroatoms. The molecule has 0 fully saturated rings. The van der Waals surface area contributed by atoms with Crippen molar-refractivity contribution in [3.63, 3.8) is 0 Å². The van der Waals surface area contributed by atoms with Crippen molar-refractivity contribution >= 4 is 5.91 Å². The fraction of sp³-hybridized carbons (Fsp3) is 0.273. The summed E-state index contributed by atoms with van der Waals surface area (Å²) in [5.41, 5.74) is 2.79. The van der Waals surface area contributed by atoms with E-state index in [9.17, 15) is 9.18 Å². The molecule has 0 saturated carbocycles. The quantitative estimate of drug-likeness (QED) is 0.640. The number of imidazole rings is 1. The lowest BCUT2D eigenvalue weighted by Gasteiger charge is -2.18. The Bertz CT molecular complexity index is 891. The van der Waals surface area contributed by atoms with E-state index >= 15 is 0 Å². The topological polar surface area (TPSA) is 57.8 Å². The van der Waals surface area contributed by atoms with E-state index in [4.69, 9.17) is 0 Å². The van der Waals surface area contributed by atoms with Gasteiger partial charge in [0.05, 0.1) is 17.9 Å². The van der Waals surface area contributed by atoms with Gasteiger partial charge >= 0.3 is 0 Å². The number of hydrogen-bond donors (Lipinski definition) is 2. The van der Waals surface area contributed by atoms with Gasteiger partial charge in [-0.15, -0.1) is 0 Å². The number of nitrogens with one attached hydrogen (secondary N) is 2. The van der Waals surface area contributed by atoms with Crippen LogP contribution in [0.4, 0.5) is 4.39 Å². The average Bonchev–Trinajstić information content (AvgIpc) is 3.16. The first kappa shape index (κ1) is 18.8. The normalized spacial score (nSPS) is 13.1. The second kappa shape index (κ2) is 8.62. The van der Waals surface area contributed by atoms with E-state index in [1.54, 1.807) is 12.3 Å². The first-order chi connectivity index (χ1) is 13.1. The largest absolute Gasteiger partial charge is 0.346 e. The Hall–Kier alpha value is -2.95. The molecule has 0 spiro atoms. The summed E-state index contributed by atoms with van der Waals surface area (Å²) in [6.07, 6.45) is 3.00. The van der Waals surface area contributed by atoms with Crippen LogP contribution in [-0.4, -0.2) is 15.9 Å². The molecular weight excluding hydrogens is 341 g/mol. The molecule has 0 aliphatic rings. The third kappa shape index (κ3) is 4.82. The van der Waals surface area contributed by atoms with E-state index in [1.807, 2.05) is 50.2 Å². The molecule has 2 N–H and O–H groups in total. The third-order valence-corrected chi connectivity index (χ3v) is 4.61. The summed E-state index contributed by atoms with van der Waals surface area (Å²) in [5, 5.41) is 3.06. The predicted octanol–water partition coefficient (Wildman–Crippen LogP) is 4.66. The van der Waals surface area contributed by atoms with Crippen molar-refractivity contribution in [1.29, 1.82) is 0 Å². The van der Waals surface area contributed by atoms with Gasteiger partial charge in [0.15, 0.2) is 0 Å². The van der Waals surface area contributed by atoms with Gasteiger partial charge in [-0.25, -0.2) is 9.37 Å². The number of carbonyl (C=O) groups is 1. The lowest BCUT2D eigenvalue weighted by molar-refractivity contribution is -0.125. The highest BCUT2D eigenvalue weighted by atomic mass is 19.1. The Balaban J connectivity index is 1.66. The van der Waals surface area contributed by atoms with Crippen molar-refractivity contribution in [3.05, 3.63) is 78.0 Å². The van der Waals surface area contributed by atoms with E-state index in [1.165, 1.54) is 12.1 Å². The van der Waals surface area contributed by atoms with Gasteiger partial charge in [0.25, 0.3) is 0 Å². The molecule has 1 heterocycles. The highest BCUT2D eigenvalue weighted by Crippen LogP contribution is 2.21. The number of hydrogen-bond acceptors (Lipinski definition) is 2. The van der Waals surface area contributed by atoms with Gasteiger partial charge in [-0.2, -0.15) is 0 Å². The van der Waals surface area contributed by atoms with Crippen LogP contribution in [0.15, 0.2) is 60.8 Å². The van der Waals surface area contributed by atoms with Crippen molar-refractivity contribution in [2.75, 3.05) is 0 Å². The van der Waals surface area contributed by atoms with Crippen LogP contribution in [0, 0.1) is 11.7 Å². The maximum absolute atomic E-state index is 13.3. The highest BCUT2D eigenvalue weighted by molar-refractivity contribution is 5.79. The molecule has 3 aromatic rings. The summed E-state index contributed by atoms with van der Waals surface area (Å²) in [4.78, 5) is 20.4. The summed E-state index contributed by atoms with van der Waals surface area (Å²) in [5.74, 6) is 0.131. The molecule has 0 bridgehead atoms. The van der Waals surface area contributed by atoms with Gasteiger partial charge < -0.3 is 10.3 Å². The lowest BCUT2D eigenvalue weighted by Crippen LogP contribution is -2.34. The van der Waals surface area contributed by atoms with Crippen LogP contribution in [0.3, 0.4) is 0 Å². The van der Waals surface area contributed by atoms with E-state index in [2.05, 4.69) is 15.3 Å². The maximum Gasteiger partial charge on any atom is 0.223 e. The number of carbonyl (C=O) groups excluding carboxylic acids is 1. The second-order valence-electron chi connectivity index (χ2n) is 6.75. The molecule has 3 rings (SSSR count). The molecular formula is C22H24FN3O. The zero-order chi connectivity index (χ0) is 19.2. The molecule has 2 aromatic carbocycles. The zero-order valence-electron chi connectivity index (χ0n) is 15.6. The Morgan fingerprint density at radius 3 is 2.67 bits per heavy atom. The van der Waals surface area contributed by atoms with E-state index in [-0.39, 0.29) is 23.7 Å². The zero-order valence-corrected chi connectivity index (χ0v) is 15.6. The van der Waals surface area contributed by atoms with Crippen LogP contribution >= 0.6 is 0 Å². The fourth-order valence-electron chi connectivity index (χ4n) is 3.07. The lowest BCUT2D eigenvalue weighted by atomic mass is 9.99. The van der Waals surface area contributed by atoms with Crippen LogP contribution < -0.4 is 5.32 Å². The molecule has 0 radical (unpaired) electrons. The van der Waals surface area contributed by atoms with E-state index in [0.717, 1.165) is 29.1 Å². The standard InChI is InChI=1S/C22H24FN3O/c1-3-19(21-24-14-20(25-21)17-9-5-4-6-10-17)26-22(27)15(2)12-16-8-7-11-18(23)13-16/h4-11,13-15,19H,3,12H2,1-2H3,(H,24,25)(H,26,27). The number of halogens is 1. The monoisotopic (exact) mass is 365 g/mol. The van der Waals surface area contributed by atoms with Crippen LogP contribution in [-0.2, 0) is 11.2 Å². The summed E-state index contributed by atoms with van der Waals surface area (Å²) in [6, 6.07) is 16.1.